The number of rotatable bonds is 4. The summed E-state index contributed by atoms with van der Waals surface area (Å²) in [4.78, 5) is 55.4. The SMILES string of the molecule is CC1(C)C2=C3C=C4C=CC(=O)C(OCC(=O)ON5C(=O)CCC5=O)=C4OC3CCN2c2ccccc21. The Hall–Kier alpha value is -4.14. The summed E-state index contributed by atoms with van der Waals surface area (Å²) in [6, 6.07) is 8.40. The van der Waals surface area contributed by atoms with E-state index >= 15 is 0 Å². The van der Waals surface area contributed by atoms with E-state index in [0.717, 1.165) is 12.1 Å². The second kappa shape index (κ2) is 7.94. The Bertz CT molecular complexity index is 1350. The fraction of sp³-hybridized carbons (Fsp3) is 0.333. The maximum Gasteiger partial charge on any atom is 0.370 e. The van der Waals surface area contributed by atoms with Crippen LogP contribution >= 0.6 is 0 Å². The molecule has 1 unspecified atom stereocenters. The van der Waals surface area contributed by atoms with Gasteiger partial charge >= 0.3 is 5.97 Å². The molecular formula is C27H24N2O7. The highest BCUT2D eigenvalue weighted by Gasteiger charge is 2.47. The van der Waals surface area contributed by atoms with Crippen LogP contribution in [0.25, 0.3) is 0 Å². The lowest BCUT2D eigenvalue weighted by Crippen LogP contribution is -2.40. The van der Waals surface area contributed by atoms with Gasteiger partial charge in [-0.25, -0.2) is 4.79 Å². The maximum absolute atomic E-state index is 12.6. The number of ether oxygens (including phenoxy) is 2. The summed E-state index contributed by atoms with van der Waals surface area (Å²) in [5.74, 6) is -2.39. The van der Waals surface area contributed by atoms with E-state index in [2.05, 4.69) is 36.9 Å². The van der Waals surface area contributed by atoms with Gasteiger partial charge in [0.25, 0.3) is 11.8 Å². The predicted molar refractivity (Wildman–Crippen MR) is 126 cm³/mol. The Morgan fingerprint density at radius 3 is 2.64 bits per heavy atom. The number of hydroxylamine groups is 2. The highest BCUT2D eigenvalue weighted by molar-refractivity contribution is 6.05. The van der Waals surface area contributed by atoms with Crippen LogP contribution in [0.1, 0.15) is 38.7 Å². The summed E-state index contributed by atoms with van der Waals surface area (Å²) < 4.78 is 11.9. The minimum absolute atomic E-state index is 0.00785. The third-order valence-corrected chi connectivity index (χ3v) is 7.18. The van der Waals surface area contributed by atoms with E-state index < -0.39 is 30.2 Å². The van der Waals surface area contributed by atoms with Crippen LogP contribution in [0.2, 0.25) is 0 Å². The third kappa shape index (κ3) is 3.30. The predicted octanol–water partition coefficient (Wildman–Crippen LogP) is 2.74. The number of ketones is 1. The molecule has 1 aromatic carbocycles. The van der Waals surface area contributed by atoms with Crippen LogP contribution in [0, 0.1) is 0 Å². The van der Waals surface area contributed by atoms with Gasteiger partial charge in [-0.1, -0.05) is 32.0 Å². The van der Waals surface area contributed by atoms with Gasteiger partial charge in [0, 0.05) is 53.8 Å². The fourth-order valence-corrected chi connectivity index (χ4v) is 5.57. The second-order valence-corrected chi connectivity index (χ2v) is 9.78. The first kappa shape index (κ1) is 22.3. The van der Waals surface area contributed by atoms with Gasteiger partial charge in [0.15, 0.2) is 12.4 Å². The van der Waals surface area contributed by atoms with Crippen molar-refractivity contribution in [2.24, 2.45) is 0 Å². The topological polar surface area (TPSA) is 102 Å². The van der Waals surface area contributed by atoms with Crippen molar-refractivity contribution in [2.45, 2.75) is 44.6 Å². The van der Waals surface area contributed by atoms with Crippen molar-refractivity contribution in [2.75, 3.05) is 18.1 Å². The average molecular weight is 488 g/mol. The third-order valence-electron chi connectivity index (χ3n) is 7.18. The summed E-state index contributed by atoms with van der Waals surface area (Å²) in [6.07, 6.45) is 5.51. The van der Waals surface area contributed by atoms with Gasteiger partial charge in [-0.3, -0.25) is 14.4 Å². The molecular weight excluding hydrogens is 464 g/mol. The molecule has 0 spiro atoms. The van der Waals surface area contributed by atoms with E-state index in [1.54, 1.807) is 6.08 Å². The van der Waals surface area contributed by atoms with Gasteiger partial charge in [-0.2, -0.15) is 0 Å². The number of imide groups is 1. The standard InChI is InChI=1S/C27H24N2O7/c1-27(2)17-5-3-4-6-18(17)28-12-11-20-16(26(27)28)13-15-7-8-19(30)25(24(15)35-20)34-14-23(33)36-29-21(31)9-10-22(29)32/h3-8,13,20H,9-12,14H2,1-2H3. The molecule has 4 heterocycles. The van der Waals surface area contributed by atoms with E-state index in [0.29, 0.717) is 17.1 Å². The van der Waals surface area contributed by atoms with Crippen molar-refractivity contribution in [3.05, 3.63) is 76.4 Å². The number of fused-ring (bicyclic) bond motifs is 5. The summed E-state index contributed by atoms with van der Waals surface area (Å²) >= 11 is 0. The lowest BCUT2D eigenvalue weighted by Gasteiger charge is -2.40. The minimum Gasteiger partial charge on any atom is -0.481 e. The first-order chi connectivity index (χ1) is 17.3. The van der Waals surface area contributed by atoms with Gasteiger partial charge in [0.2, 0.25) is 11.5 Å². The number of amides is 2. The van der Waals surface area contributed by atoms with Crippen LogP contribution in [0.3, 0.4) is 0 Å². The average Bonchev–Trinajstić information content (AvgIpc) is 3.30. The Balaban J connectivity index is 1.30. The molecule has 0 radical (unpaired) electrons. The summed E-state index contributed by atoms with van der Waals surface area (Å²) in [5.41, 5.74) is 5.17. The molecule has 2 amide bonds. The number of hydrogen-bond acceptors (Lipinski definition) is 8. The van der Waals surface area contributed by atoms with Crippen LogP contribution in [-0.4, -0.2) is 47.9 Å². The molecule has 9 nitrogen and oxygen atoms in total. The van der Waals surface area contributed by atoms with Crippen LogP contribution < -0.4 is 4.90 Å². The molecule has 5 aliphatic rings. The zero-order valence-corrected chi connectivity index (χ0v) is 19.9. The molecule has 9 heteroatoms. The van der Waals surface area contributed by atoms with E-state index in [4.69, 9.17) is 14.3 Å². The van der Waals surface area contributed by atoms with Crippen molar-refractivity contribution in [3.63, 3.8) is 0 Å². The van der Waals surface area contributed by atoms with Crippen LogP contribution in [-0.2, 0) is 38.9 Å². The molecule has 1 aromatic rings. The Morgan fingerprint density at radius 2 is 1.86 bits per heavy atom. The first-order valence-electron chi connectivity index (χ1n) is 11.9. The van der Waals surface area contributed by atoms with Crippen molar-refractivity contribution >= 4 is 29.3 Å². The van der Waals surface area contributed by atoms with E-state index in [9.17, 15) is 19.2 Å². The van der Waals surface area contributed by atoms with Crippen LogP contribution in [0.4, 0.5) is 5.69 Å². The Kier molecular flexibility index (Phi) is 4.93. The van der Waals surface area contributed by atoms with Gasteiger partial charge in [0.05, 0.1) is 0 Å². The molecule has 1 aliphatic carbocycles. The largest absolute Gasteiger partial charge is 0.481 e. The summed E-state index contributed by atoms with van der Waals surface area (Å²) in [6.45, 7) is 4.53. The molecule has 1 saturated heterocycles. The number of para-hydroxylation sites is 1. The van der Waals surface area contributed by atoms with Gasteiger partial charge in [-0.15, -0.1) is 5.06 Å². The van der Waals surface area contributed by atoms with Gasteiger partial charge in [-0.05, 0) is 29.9 Å². The van der Waals surface area contributed by atoms with E-state index in [1.165, 1.54) is 23.0 Å². The molecule has 6 rings (SSSR count). The van der Waals surface area contributed by atoms with Gasteiger partial charge in [0.1, 0.15) is 6.10 Å². The highest BCUT2D eigenvalue weighted by atomic mass is 16.7. The number of carbonyl (C=O) groups excluding carboxylic acids is 4. The van der Waals surface area contributed by atoms with Gasteiger partial charge < -0.3 is 19.2 Å². The normalized spacial score (nSPS) is 23.7. The molecule has 0 bridgehead atoms. The molecule has 0 N–H and O–H groups in total. The lowest BCUT2D eigenvalue weighted by atomic mass is 9.79. The van der Waals surface area contributed by atoms with Crippen LogP contribution in [0.5, 0.6) is 0 Å². The maximum atomic E-state index is 12.6. The molecule has 0 saturated carbocycles. The molecule has 4 aliphatic heterocycles. The second-order valence-electron chi connectivity index (χ2n) is 9.78. The van der Waals surface area contributed by atoms with Crippen molar-refractivity contribution in [1.82, 2.24) is 5.06 Å². The molecule has 184 valence electrons. The lowest BCUT2D eigenvalue weighted by molar-refractivity contribution is -0.199. The fourth-order valence-electron chi connectivity index (χ4n) is 5.57. The number of anilines is 1. The number of carbonyl (C=O) groups is 4. The number of benzene rings is 1. The zero-order valence-electron chi connectivity index (χ0n) is 19.9. The number of nitrogens with zero attached hydrogens (tertiary/aromatic N) is 2. The van der Waals surface area contributed by atoms with Crippen LogP contribution in [0.15, 0.2) is 70.9 Å². The van der Waals surface area contributed by atoms with Crippen molar-refractivity contribution < 1.29 is 33.5 Å². The molecule has 1 fully saturated rings. The quantitative estimate of drug-likeness (QED) is 0.597. The molecule has 0 aromatic heterocycles. The van der Waals surface area contributed by atoms with Crippen molar-refractivity contribution in [3.8, 4) is 0 Å². The summed E-state index contributed by atoms with van der Waals surface area (Å²) in [5, 5.41) is 0.447. The monoisotopic (exact) mass is 488 g/mol. The molecule has 36 heavy (non-hydrogen) atoms. The first-order valence-corrected chi connectivity index (χ1v) is 11.9. The smallest absolute Gasteiger partial charge is 0.370 e. The zero-order chi connectivity index (χ0) is 25.2. The Labute approximate surface area is 207 Å². The molecule has 1 atom stereocenters. The van der Waals surface area contributed by atoms with E-state index in [-0.39, 0.29) is 35.9 Å². The summed E-state index contributed by atoms with van der Waals surface area (Å²) in [7, 11) is 0. The number of allylic oxidation sites excluding steroid dienone is 3. The van der Waals surface area contributed by atoms with Crippen molar-refractivity contribution in [1.29, 1.82) is 0 Å². The number of hydrogen-bond donors (Lipinski definition) is 0. The highest BCUT2D eigenvalue weighted by Crippen LogP contribution is 2.52. The Morgan fingerprint density at radius 1 is 1.11 bits per heavy atom. The minimum atomic E-state index is -0.961. The van der Waals surface area contributed by atoms with E-state index in [1.807, 2.05) is 12.1 Å².